The van der Waals surface area contributed by atoms with Gasteiger partial charge in [0.25, 0.3) is 0 Å². The van der Waals surface area contributed by atoms with E-state index in [0.717, 1.165) is 0 Å². The third-order valence-electron chi connectivity index (χ3n) is 0. The van der Waals surface area contributed by atoms with Gasteiger partial charge >= 0.3 is 30.0 Å². The third kappa shape index (κ3) is 11.3. The second kappa shape index (κ2) is 32.5. The first-order chi connectivity index (χ1) is 2.00. The molecule has 0 aliphatic carbocycles. The van der Waals surface area contributed by atoms with E-state index in [1.165, 1.54) is 16.3 Å². The number of halogens is 1. The van der Waals surface area contributed by atoms with Crippen LogP contribution in [0.15, 0.2) is 0 Å². The summed E-state index contributed by atoms with van der Waals surface area (Å²) in [4.78, 5) is 0. The van der Waals surface area contributed by atoms with Crippen molar-refractivity contribution in [2.75, 3.05) is 0 Å². The minimum atomic E-state index is 1.19. The molecule has 0 rings (SSSR count). The zero-order chi connectivity index (χ0) is 4.00. The molecule has 0 aliphatic heterocycles. The summed E-state index contributed by atoms with van der Waals surface area (Å²) < 4.78 is 0. The van der Waals surface area contributed by atoms with Gasteiger partial charge < -0.3 is 0 Å². The molecule has 0 saturated carbocycles. The number of hydrogen-bond donors (Lipinski definition) is 0. The maximum atomic E-state index is 3.06. The minimum absolute atomic E-state index is 1.19. The summed E-state index contributed by atoms with van der Waals surface area (Å²) in [6.07, 6.45) is 0. The zero-order valence-corrected chi connectivity index (χ0v) is 7.64. The molecule has 0 aromatic carbocycles. The summed E-state index contributed by atoms with van der Waals surface area (Å²) >= 11 is 4.25. The molecule has 0 amide bonds. The summed E-state index contributed by atoms with van der Waals surface area (Å²) in [5.74, 6) is 0. The van der Waals surface area contributed by atoms with Gasteiger partial charge in [0.1, 0.15) is 0 Å². The Labute approximate surface area is 44.0 Å². The van der Waals surface area contributed by atoms with Crippen LogP contribution in [0.2, 0.25) is 0 Å². The first-order valence-electron chi connectivity index (χ1n) is 1.27. The fraction of sp³-hybridized carbons (Fsp3) is 1.00. The molecule has 0 bridgehead atoms. The quantitative estimate of drug-likeness (QED) is 0.493. The molecule has 0 unspecified atom stereocenters. The average Bonchev–Trinajstić information content (AvgIpc) is 1.50. The van der Waals surface area contributed by atoms with Gasteiger partial charge in [-0.1, -0.05) is 13.8 Å². The Balaban J connectivity index is 0. The van der Waals surface area contributed by atoms with Crippen molar-refractivity contribution in [3.8, 4) is 0 Å². The molecule has 0 aromatic rings. The van der Waals surface area contributed by atoms with Crippen LogP contribution in [0, 0.1) is 0 Å². The Morgan fingerprint density at radius 3 is 1.25 bits per heavy atom. The van der Waals surface area contributed by atoms with Crippen LogP contribution in [-0.2, 0) is 16.3 Å². The van der Waals surface area contributed by atoms with E-state index in [1.807, 2.05) is 13.8 Å². The molecule has 0 nitrogen and oxygen atoms in total. The van der Waals surface area contributed by atoms with Crippen molar-refractivity contribution in [3.05, 3.63) is 0 Å². The van der Waals surface area contributed by atoms with Gasteiger partial charge in [-0.05, 0) is 0 Å². The number of hydrogen-bond acceptors (Lipinski definition) is 0. The van der Waals surface area contributed by atoms with E-state index in [2.05, 4.69) is 13.6 Å². The fourth-order valence-electron chi connectivity index (χ4n) is 0. The Hall–Kier alpha value is 1.10. The van der Waals surface area contributed by atoms with E-state index in [-0.39, 0.29) is 0 Å². The predicted octanol–water partition coefficient (Wildman–Crippen LogP) is 1.87. The Morgan fingerprint density at radius 1 is 1.25 bits per heavy atom. The molecule has 0 atom stereocenters. The van der Waals surface area contributed by atoms with Crippen LogP contribution in [0.5, 0.6) is 0 Å². The van der Waals surface area contributed by atoms with E-state index >= 15 is 0 Å². The van der Waals surface area contributed by atoms with Crippen LogP contribution >= 0.6 is 13.6 Å². The molecule has 23 valence electrons. The van der Waals surface area contributed by atoms with Gasteiger partial charge in [0.05, 0.1) is 0 Å². The van der Waals surface area contributed by atoms with Crippen molar-refractivity contribution in [3.63, 3.8) is 0 Å². The SMILES string of the molecule is CC.[Zn][Br]. The molecular weight excluding hydrogens is 169 g/mol. The molecule has 0 radical (unpaired) electrons. The van der Waals surface area contributed by atoms with Crippen LogP contribution in [0.1, 0.15) is 13.8 Å². The van der Waals surface area contributed by atoms with Crippen LogP contribution in [0.3, 0.4) is 0 Å². The Morgan fingerprint density at radius 2 is 1.25 bits per heavy atom. The van der Waals surface area contributed by atoms with E-state index in [0.29, 0.717) is 0 Å². The summed E-state index contributed by atoms with van der Waals surface area (Å²) in [7, 11) is 0. The molecule has 0 heterocycles. The predicted molar refractivity (Wildman–Crippen MR) is 20.3 cm³/mol. The fourth-order valence-corrected chi connectivity index (χ4v) is 0. The summed E-state index contributed by atoms with van der Waals surface area (Å²) in [5.41, 5.74) is 0. The van der Waals surface area contributed by atoms with Gasteiger partial charge in [0.2, 0.25) is 0 Å². The van der Waals surface area contributed by atoms with E-state index < -0.39 is 0 Å². The molecule has 0 spiro atoms. The topological polar surface area (TPSA) is 0 Å². The van der Waals surface area contributed by atoms with Crippen LogP contribution < -0.4 is 0 Å². The van der Waals surface area contributed by atoms with Gasteiger partial charge in [-0.15, -0.1) is 0 Å². The van der Waals surface area contributed by atoms with Crippen LogP contribution in [0.4, 0.5) is 0 Å². The standard InChI is InChI=1S/C2H6.BrH.Zn/c1-2;;/h1-2H3;1H;/q;;+1/p-1. The first-order valence-corrected chi connectivity index (χ1v) is 8.22. The third-order valence-corrected chi connectivity index (χ3v) is 0. The summed E-state index contributed by atoms with van der Waals surface area (Å²) in [5, 5.41) is 0. The van der Waals surface area contributed by atoms with E-state index in [1.54, 1.807) is 0 Å². The molecule has 2 heteroatoms. The Bertz CT molecular complexity index is 6.00. The van der Waals surface area contributed by atoms with Gasteiger partial charge in [-0.3, -0.25) is 0 Å². The summed E-state index contributed by atoms with van der Waals surface area (Å²) in [6, 6.07) is 0. The van der Waals surface area contributed by atoms with Crippen molar-refractivity contribution in [2.24, 2.45) is 0 Å². The molecular formula is C2H6BrZn. The molecule has 0 aliphatic rings. The van der Waals surface area contributed by atoms with Gasteiger partial charge in [-0.25, -0.2) is 0 Å². The normalized spacial score (nSPS) is 3.25. The molecule has 0 aromatic heterocycles. The second-order valence-corrected chi connectivity index (χ2v) is 0. The van der Waals surface area contributed by atoms with Gasteiger partial charge in [0.15, 0.2) is 0 Å². The zero-order valence-electron chi connectivity index (χ0n) is 3.09. The molecule has 4 heavy (non-hydrogen) atoms. The van der Waals surface area contributed by atoms with Gasteiger partial charge in [-0.2, -0.15) is 0 Å². The van der Waals surface area contributed by atoms with Crippen molar-refractivity contribution < 1.29 is 16.3 Å². The molecule has 0 N–H and O–H groups in total. The Kier molecular flexibility index (Phi) is 72.4. The van der Waals surface area contributed by atoms with E-state index in [4.69, 9.17) is 0 Å². The van der Waals surface area contributed by atoms with Crippen LogP contribution in [-0.4, -0.2) is 0 Å². The van der Waals surface area contributed by atoms with Gasteiger partial charge in [0, 0.05) is 0 Å². The van der Waals surface area contributed by atoms with Crippen molar-refractivity contribution in [2.45, 2.75) is 13.8 Å². The first kappa shape index (κ1) is 8.92. The number of rotatable bonds is 0. The van der Waals surface area contributed by atoms with E-state index in [9.17, 15) is 0 Å². The summed E-state index contributed by atoms with van der Waals surface area (Å²) in [6.45, 7) is 4.00. The second-order valence-electron chi connectivity index (χ2n) is 0. The monoisotopic (exact) mass is 173 g/mol. The van der Waals surface area contributed by atoms with Crippen molar-refractivity contribution in [1.82, 2.24) is 0 Å². The van der Waals surface area contributed by atoms with Crippen LogP contribution in [0.25, 0.3) is 0 Å². The average molecular weight is 175 g/mol. The molecule has 0 fully saturated rings. The molecule has 0 saturated heterocycles. The van der Waals surface area contributed by atoms with Crippen molar-refractivity contribution in [1.29, 1.82) is 0 Å². The van der Waals surface area contributed by atoms with Crippen molar-refractivity contribution >= 4 is 13.6 Å². The maximum absolute atomic E-state index is 3.06.